The monoisotopic (exact) mass is 117 g/mol. The van der Waals surface area contributed by atoms with Gasteiger partial charge in [-0.3, -0.25) is 0 Å². The first kappa shape index (κ1) is 7.09. The van der Waals surface area contributed by atoms with Crippen LogP contribution in [0.5, 0.6) is 0 Å². The number of hydrogen-bond acceptors (Lipinski definition) is 1. The molecular weight excluding hydrogens is 112 g/mol. The molecule has 0 unspecified atom stereocenters. The van der Waals surface area contributed by atoms with E-state index in [2.05, 4.69) is 6.58 Å². The molecule has 1 nitrogen and oxygen atoms in total. The van der Waals surface area contributed by atoms with Crippen LogP contribution in [0.25, 0.3) is 0 Å². The van der Waals surface area contributed by atoms with Crippen LogP contribution in [0.3, 0.4) is 0 Å². The molecule has 0 aromatic rings. The van der Waals surface area contributed by atoms with Crippen LogP contribution in [-0.2, 0) is 0 Å². The lowest BCUT2D eigenvalue weighted by Crippen LogP contribution is -1.89. The van der Waals surface area contributed by atoms with E-state index in [9.17, 15) is 8.78 Å². The number of halogens is 2. The highest BCUT2D eigenvalue weighted by atomic mass is 19.3. The highest BCUT2D eigenvalue weighted by Gasteiger charge is 2.02. The van der Waals surface area contributed by atoms with Crippen LogP contribution >= 0.6 is 0 Å². The Kier molecular flexibility index (Phi) is 2.78. The van der Waals surface area contributed by atoms with E-state index in [4.69, 9.17) is 5.26 Å². The molecule has 3 heteroatoms. The Morgan fingerprint density at radius 1 is 1.75 bits per heavy atom. The zero-order valence-electron chi connectivity index (χ0n) is 4.19. The Morgan fingerprint density at radius 2 is 2.25 bits per heavy atom. The highest BCUT2D eigenvalue weighted by molar-refractivity contribution is 5.15. The minimum absolute atomic E-state index is 0.0694. The van der Waals surface area contributed by atoms with Crippen molar-refractivity contribution in [1.82, 2.24) is 0 Å². The van der Waals surface area contributed by atoms with Gasteiger partial charge in [-0.25, -0.2) is 8.78 Å². The van der Waals surface area contributed by atoms with Crippen molar-refractivity contribution in [3.8, 4) is 6.07 Å². The van der Waals surface area contributed by atoms with Gasteiger partial charge in [-0.1, -0.05) is 6.58 Å². The van der Waals surface area contributed by atoms with Gasteiger partial charge < -0.3 is 0 Å². The third kappa shape index (κ3) is 3.29. The van der Waals surface area contributed by atoms with E-state index in [1.807, 2.05) is 0 Å². The number of nitriles is 1. The first-order valence-electron chi connectivity index (χ1n) is 2.03. The zero-order valence-corrected chi connectivity index (χ0v) is 4.19. The first-order valence-corrected chi connectivity index (χ1v) is 2.03. The Hall–Kier alpha value is -0.910. The summed E-state index contributed by atoms with van der Waals surface area (Å²) in [7, 11) is 0. The molecule has 0 rings (SSSR count). The molecule has 0 saturated heterocycles. The van der Waals surface area contributed by atoms with E-state index in [1.54, 1.807) is 0 Å². The third-order valence-corrected chi connectivity index (χ3v) is 0.559. The summed E-state index contributed by atoms with van der Waals surface area (Å²) in [6.07, 6.45) is -2.95. The van der Waals surface area contributed by atoms with Gasteiger partial charge in [0.25, 0.3) is 0 Å². The molecule has 0 N–H and O–H groups in total. The molecule has 0 atom stereocenters. The molecule has 0 aliphatic rings. The lowest BCUT2D eigenvalue weighted by Gasteiger charge is -1.90. The molecule has 0 bridgehead atoms. The van der Waals surface area contributed by atoms with E-state index in [0.29, 0.717) is 0 Å². The molecule has 0 aromatic heterocycles. The summed E-state index contributed by atoms with van der Waals surface area (Å²) in [4.78, 5) is 0. The normalized spacial score (nSPS) is 8.75. The summed E-state index contributed by atoms with van der Waals surface area (Å²) < 4.78 is 22.5. The van der Waals surface area contributed by atoms with Crippen molar-refractivity contribution >= 4 is 0 Å². The average molecular weight is 117 g/mol. The third-order valence-electron chi connectivity index (χ3n) is 0.559. The predicted octanol–water partition coefficient (Wildman–Crippen LogP) is 1.72. The van der Waals surface area contributed by atoms with Crippen molar-refractivity contribution in [1.29, 1.82) is 5.26 Å². The van der Waals surface area contributed by atoms with E-state index >= 15 is 0 Å². The lowest BCUT2D eigenvalue weighted by molar-refractivity contribution is 0.150. The van der Waals surface area contributed by atoms with Gasteiger partial charge in [0.1, 0.15) is 0 Å². The van der Waals surface area contributed by atoms with Gasteiger partial charge in [0.15, 0.2) is 0 Å². The zero-order chi connectivity index (χ0) is 6.57. The van der Waals surface area contributed by atoms with E-state index in [-0.39, 0.29) is 5.57 Å². The maximum Gasteiger partial charge on any atom is 0.243 e. The van der Waals surface area contributed by atoms with Gasteiger partial charge in [0, 0.05) is 12.0 Å². The summed E-state index contributed by atoms with van der Waals surface area (Å²) in [5.41, 5.74) is -0.0694. The summed E-state index contributed by atoms with van der Waals surface area (Å²) in [5, 5.41) is 7.90. The van der Waals surface area contributed by atoms with Gasteiger partial charge in [-0.2, -0.15) is 5.26 Å². The smallest absolute Gasteiger partial charge is 0.210 e. The molecule has 0 amide bonds. The Morgan fingerprint density at radius 3 is 2.38 bits per heavy atom. The largest absolute Gasteiger partial charge is 0.243 e. The summed E-state index contributed by atoms with van der Waals surface area (Å²) in [6.45, 7) is 3.07. The summed E-state index contributed by atoms with van der Waals surface area (Å²) >= 11 is 0. The number of alkyl halides is 2. The van der Waals surface area contributed by atoms with Crippen molar-refractivity contribution in [2.24, 2.45) is 0 Å². The van der Waals surface area contributed by atoms with Crippen molar-refractivity contribution in [3.63, 3.8) is 0 Å². The number of allylic oxidation sites excluding steroid dienone is 1. The van der Waals surface area contributed by atoms with E-state index in [0.717, 1.165) is 0 Å². The minimum Gasteiger partial charge on any atom is -0.210 e. The maximum atomic E-state index is 11.3. The molecule has 0 heterocycles. The quantitative estimate of drug-likeness (QED) is 0.505. The van der Waals surface area contributed by atoms with Crippen LogP contribution in [0.15, 0.2) is 12.2 Å². The van der Waals surface area contributed by atoms with E-state index < -0.39 is 12.8 Å². The maximum absolute atomic E-state index is 11.3. The molecule has 44 valence electrons. The van der Waals surface area contributed by atoms with Crippen LogP contribution in [0.4, 0.5) is 8.78 Å². The molecule has 0 spiro atoms. The van der Waals surface area contributed by atoms with Gasteiger partial charge in [0.2, 0.25) is 6.43 Å². The molecule has 0 aliphatic carbocycles. The average Bonchev–Trinajstić information content (AvgIpc) is 1.65. The Bertz CT molecular complexity index is 123. The van der Waals surface area contributed by atoms with Crippen LogP contribution in [-0.4, -0.2) is 6.43 Å². The van der Waals surface area contributed by atoms with E-state index in [1.165, 1.54) is 6.07 Å². The summed E-state index contributed by atoms with van der Waals surface area (Å²) in [6, 6.07) is 1.52. The lowest BCUT2D eigenvalue weighted by atomic mass is 10.2. The molecular formula is C5H5F2N. The van der Waals surface area contributed by atoms with Gasteiger partial charge in [0.05, 0.1) is 6.07 Å². The van der Waals surface area contributed by atoms with Gasteiger partial charge in [-0.15, -0.1) is 0 Å². The summed E-state index contributed by atoms with van der Waals surface area (Å²) in [5.74, 6) is 0. The first-order chi connectivity index (χ1) is 3.66. The minimum atomic E-state index is -2.44. The Balaban J connectivity index is 3.44. The van der Waals surface area contributed by atoms with Crippen LogP contribution in [0.1, 0.15) is 6.42 Å². The molecule has 0 fully saturated rings. The van der Waals surface area contributed by atoms with Crippen molar-refractivity contribution in [3.05, 3.63) is 12.2 Å². The van der Waals surface area contributed by atoms with Crippen molar-refractivity contribution in [2.75, 3.05) is 0 Å². The van der Waals surface area contributed by atoms with Gasteiger partial charge in [-0.05, 0) is 0 Å². The molecule has 0 aliphatic heterocycles. The second-order valence-electron chi connectivity index (χ2n) is 1.31. The van der Waals surface area contributed by atoms with Crippen LogP contribution < -0.4 is 0 Å². The number of nitrogens with zero attached hydrogens (tertiary/aromatic N) is 1. The van der Waals surface area contributed by atoms with Crippen LogP contribution in [0.2, 0.25) is 0 Å². The van der Waals surface area contributed by atoms with Gasteiger partial charge >= 0.3 is 0 Å². The number of hydrogen-bond donors (Lipinski definition) is 0. The van der Waals surface area contributed by atoms with Crippen molar-refractivity contribution in [2.45, 2.75) is 12.8 Å². The molecule has 0 radical (unpaired) electrons. The highest BCUT2D eigenvalue weighted by Crippen LogP contribution is 2.05. The second-order valence-corrected chi connectivity index (χ2v) is 1.31. The van der Waals surface area contributed by atoms with Crippen molar-refractivity contribution < 1.29 is 8.78 Å². The standard InChI is InChI=1S/C5H5F2N/c1-4(3-8)2-5(6)7/h5H,1-2H2. The fourth-order valence-electron chi connectivity index (χ4n) is 0.232. The second kappa shape index (κ2) is 3.14. The molecule has 0 saturated carbocycles. The topological polar surface area (TPSA) is 23.8 Å². The number of rotatable bonds is 2. The predicted molar refractivity (Wildman–Crippen MR) is 25.4 cm³/mol. The fraction of sp³-hybridized carbons (Fsp3) is 0.400. The van der Waals surface area contributed by atoms with Crippen LogP contribution in [0, 0.1) is 11.3 Å². The molecule has 0 aromatic carbocycles. The SMILES string of the molecule is C=C(C#N)CC(F)F. The fourth-order valence-corrected chi connectivity index (χ4v) is 0.232. The molecule has 8 heavy (non-hydrogen) atoms. The Labute approximate surface area is 46.2 Å².